The Labute approximate surface area is 124 Å². The van der Waals surface area contributed by atoms with Crippen molar-refractivity contribution in [2.75, 3.05) is 0 Å². The van der Waals surface area contributed by atoms with E-state index in [-0.39, 0.29) is 0 Å². The third kappa shape index (κ3) is 3.05. The molecule has 0 spiro atoms. The fraction of sp³-hybridized carbons (Fsp3) is 0.308. The zero-order chi connectivity index (χ0) is 13.1. The second-order valence-electron chi connectivity index (χ2n) is 3.90. The molecule has 0 N–H and O–H groups in total. The Hall–Kier alpha value is -0.580. The monoisotopic (exact) mass is 345 g/mol. The maximum Gasteiger partial charge on any atom is 0.140 e. The van der Waals surface area contributed by atoms with Gasteiger partial charge in [-0.05, 0) is 35.8 Å². The summed E-state index contributed by atoms with van der Waals surface area (Å²) in [6.45, 7) is 4.56. The first-order valence-corrected chi connectivity index (χ1v) is 7.65. The number of benzene rings is 1. The standard InChI is InChI=1S/C13H13BrClNOS/c1-8-9(2)18-12(16-8)7-17-13-10(6-15)4-3-5-11(13)14/h3-5H,6-7H2,1-2H3. The minimum absolute atomic E-state index is 0.435. The average Bonchev–Trinajstić information content (AvgIpc) is 2.67. The normalized spacial score (nSPS) is 10.7. The molecule has 0 fully saturated rings. The SMILES string of the molecule is Cc1nc(COc2c(Br)cccc2CCl)sc1C. The maximum atomic E-state index is 5.90. The molecule has 0 unspecified atom stereocenters. The molecule has 1 aromatic heterocycles. The summed E-state index contributed by atoms with van der Waals surface area (Å²) < 4.78 is 6.75. The molecule has 0 aliphatic rings. The predicted molar refractivity (Wildman–Crippen MR) is 79.6 cm³/mol. The topological polar surface area (TPSA) is 22.1 Å². The van der Waals surface area contributed by atoms with Gasteiger partial charge in [-0.3, -0.25) is 0 Å². The van der Waals surface area contributed by atoms with Gasteiger partial charge in [-0.25, -0.2) is 4.98 Å². The number of ether oxygens (including phenoxy) is 1. The van der Waals surface area contributed by atoms with E-state index in [1.54, 1.807) is 11.3 Å². The van der Waals surface area contributed by atoms with Gasteiger partial charge in [-0.1, -0.05) is 12.1 Å². The highest BCUT2D eigenvalue weighted by atomic mass is 79.9. The van der Waals surface area contributed by atoms with E-state index in [0.29, 0.717) is 12.5 Å². The third-order valence-electron chi connectivity index (χ3n) is 2.61. The number of halogens is 2. The van der Waals surface area contributed by atoms with Crippen LogP contribution in [0.3, 0.4) is 0 Å². The van der Waals surface area contributed by atoms with Crippen molar-refractivity contribution in [3.8, 4) is 5.75 Å². The molecular formula is C13H13BrClNOS. The van der Waals surface area contributed by atoms with Crippen LogP contribution in [0.5, 0.6) is 5.75 Å². The molecule has 5 heteroatoms. The minimum Gasteiger partial charge on any atom is -0.485 e. The first-order chi connectivity index (χ1) is 8.61. The average molecular weight is 347 g/mol. The van der Waals surface area contributed by atoms with Crippen molar-refractivity contribution in [2.24, 2.45) is 0 Å². The lowest BCUT2D eigenvalue weighted by Gasteiger charge is -2.10. The second kappa shape index (κ2) is 6.04. The van der Waals surface area contributed by atoms with Crippen molar-refractivity contribution in [1.82, 2.24) is 4.98 Å². The van der Waals surface area contributed by atoms with Gasteiger partial charge in [0.25, 0.3) is 0 Å². The number of alkyl halides is 1. The number of para-hydroxylation sites is 1. The number of hydrogen-bond donors (Lipinski definition) is 0. The predicted octanol–water partition coefficient (Wildman–Crippen LogP) is 4.84. The van der Waals surface area contributed by atoms with E-state index < -0.39 is 0 Å². The van der Waals surface area contributed by atoms with Crippen LogP contribution in [0.25, 0.3) is 0 Å². The van der Waals surface area contributed by atoms with Gasteiger partial charge in [-0.15, -0.1) is 22.9 Å². The maximum absolute atomic E-state index is 5.90. The molecule has 1 heterocycles. The van der Waals surface area contributed by atoms with Crippen molar-refractivity contribution in [1.29, 1.82) is 0 Å². The van der Waals surface area contributed by atoms with Crippen LogP contribution in [-0.2, 0) is 12.5 Å². The summed E-state index contributed by atoms with van der Waals surface area (Å²) in [7, 11) is 0. The Balaban J connectivity index is 2.15. The lowest BCUT2D eigenvalue weighted by atomic mass is 10.2. The minimum atomic E-state index is 0.435. The van der Waals surface area contributed by atoms with E-state index in [1.165, 1.54) is 4.88 Å². The highest BCUT2D eigenvalue weighted by Crippen LogP contribution is 2.31. The van der Waals surface area contributed by atoms with Crippen LogP contribution in [0.4, 0.5) is 0 Å². The highest BCUT2D eigenvalue weighted by molar-refractivity contribution is 9.10. The zero-order valence-corrected chi connectivity index (χ0v) is 13.3. The van der Waals surface area contributed by atoms with E-state index in [1.807, 2.05) is 25.1 Å². The molecule has 0 bridgehead atoms. The lowest BCUT2D eigenvalue weighted by Crippen LogP contribution is -1.98. The quantitative estimate of drug-likeness (QED) is 0.739. The van der Waals surface area contributed by atoms with Crippen molar-refractivity contribution in [3.05, 3.63) is 43.8 Å². The number of rotatable bonds is 4. The van der Waals surface area contributed by atoms with Crippen LogP contribution >= 0.6 is 38.9 Å². The first-order valence-electron chi connectivity index (χ1n) is 5.51. The molecule has 96 valence electrons. The summed E-state index contributed by atoms with van der Waals surface area (Å²) in [4.78, 5) is 5.69. The molecular weight excluding hydrogens is 334 g/mol. The Morgan fingerprint density at radius 3 is 2.78 bits per heavy atom. The summed E-state index contributed by atoms with van der Waals surface area (Å²) in [5, 5.41) is 0.987. The molecule has 0 radical (unpaired) electrons. The molecule has 0 aliphatic heterocycles. The third-order valence-corrected chi connectivity index (χ3v) is 4.56. The Morgan fingerprint density at radius 1 is 1.39 bits per heavy atom. The first kappa shape index (κ1) is 13.8. The van der Waals surface area contributed by atoms with Crippen LogP contribution in [0.1, 0.15) is 21.1 Å². The van der Waals surface area contributed by atoms with Crippen LogP contribution in [0.15, 0.2) is 22.7 Å². The molecule has 18 heavy (non-hydrogen) atoms. The highest BCUT2D eigenvalue weighted by Gasteiger charge is 2.09. The summed E-state index contributed by atoms with van der Waals surface area (Å²) in [5.74, 6) is 1.24. The zero-order valence-electron chi connectivity index (χ0n) is 10.2. The van der Waals surface area contributed by atoms with Crippen LogP contribution < -0.4 is 4.74 Å². The van der Waals surface area contributed by atoms with E-state index >= 15 is 0 Å². The smallest absolute Gasteiger partial charge is 0.140 e. The summed E-state index contributed by atoms with van der Waals surface area (Å²) in [6.07, 6.45) is 0. The molecule has 0 amide bonds. The van der Waals surface area contributed by atoms with Crippen molar-refractivity contribution in [3.63, 3.8) is 0 Å². The van der Waals surface area contributed by atoms with Gasteiger partial charge in [0.1, 0.15) is 17.4 Å². The van der Waals surface area contributed by atoms with Crippen molar-refractivity contribution < 1.29 is 4.74 Å². The largest absolute Gasteiger partial charge is 0.485 e. The Bertz CT molecular complexity index is 536. The Morgan fingerprint density at radius 2 is 2.17 bits per heavy atom. The lowest BCUT2D eigenvalue weighted by molar-refractivity contribution is 0.301. The van der Waals surface area contributed by atoms with Crippen LogP contribution in [0.2, 0.25) is 0 Å². The molecule has 0 aliphatic carbocycles. The number of aromatic nitrogens is 1. The molecule has 2 nitrogen and oxygen atoms in total. The fourth-order valence-corrected chi connectivity index (χ4v) is 3.13. The number of nitrogens with zero attached hydrogens (tertiary/aromatic N) is 1. The van der Waals surface area contributed by atoms with Crippen molar-refractivity contribution >= 4 is 38.9 Å². The summed E-state index contributed by atoms with van der Waals surface area (Å²) >= 11 is 11.1. The van der Waals surface area contributed by atoms with Gasteiger partial charge in [-0.2, -0.15) is 0 Å². The van der Waals surface area contributed by atoms with E-state index in [0.717, 1.165) is 26.5 Å². The number of thiazole rings is 1. The van der Waals surface area contributed by atoms with Crippen LogP contribution in [0, 0.1) is 13.8 Å². The van der Waals surface area contributed by atoms with E-state index in [2.05, 4.69) is 27.8 Å². The van der Waals surface area contributed by atoms with Gasteiger partial charge < -0.3 is 4.74 Å². The van der Waals surface area contributed by atoms with Gasteiger partial charge in [0.05, 0.1) is 16.0 Å². The Kier molecular flexibility index (Phi) is 4.65. The number of aryl methyl sites for hydroxylation is 2. The molecule has 2 aromatic rings. The summed E-state index contributed by atoms with van der Waals surface area (Å²) in [5.41, 5.74) is 2.05. The van der Waals surface area contributed by atoms with E-state index in [9.17, 15) is 0 Å². The van der Waals surface area contributed by atoms with E-state index in [4.69, 9.17) is 16.3 Å². The molecule has 0 saturated heterocycles. The fourth-order valence-electron chi connectivity index (χ4n) is 1.56. The summed E-state index contributed by atoms with van der Waals surface area (Å²) in [6, 6.07) is 5.86. The van der Waals surface area contributed by atoms with Gasteiger partial charge in [0.15, 0.2) is 0 Å². The molecule has 2 rings (SSSR count). The molecule has 0 atom stereocenters. The van der Waals surface area contributed by atoms with Gasteiger partial charge >= 0.3 is 0 Å². The molecule has 1 aromatic carbocycles. The van der Waals surface area contributed by atoms with Crippen LogP contribution in [-0.4, -0.2) is 4.98 Å². The molecule has 0 saturated carbocycles. The second-order valence-corrected chi connectivity index (χ2v) is 6.31. The van der Waals surface area contributed by atoms with Gasteiger partial charge in [0.2, 0.25) is 0 Å². The van der Waals surface area contributed by atoms with Crippen molar-refractivity contribution in [2.45, 2.75) is 26.3 Å². The van der Waals surface area contributed by atoms with Gasteiger partial charge in [0, 0.05) is 10.4 Å². The number of hydrogen-bond acceptors (Lipinski definition) is 3.